The average molecular weight is 496 g/mol. The number of carbonyl (C=O) groups is 2. The van der Waals surface area contributed by atoms with E-state index in [0.717, 1.165) is 37.5 Å². The van der Waals surface area contributed by atoms with Crippen LogP contribution in [0, 0.1) is 0 Å². The van der Waals surface area contributed by atoms with E-state index in [2.05, 4.69) is 31.9 Å². The lowest BCUT2D eigenvalue weighted by molar-refractivity contribution is -0.123. The summed E-state index contributed by atoms with van der Waals surface area (Å²) < 4.78 is 1.85. The summed E-state index contributed by atoms with van der Waals surface area (Å²) in [5.74, 6) is -0.257. The monoisotopic (exact) mass is 494 g/mol. The van der Waals surface area contributed by atoms with Crippen molar-refractivity contribution in [3.63, 3.8) is 0 Å². The molecule has 2 amide bonds. The topological polar surface area (TPSA) is 40.6 Å². The van der Waals surface area contributed by atoms with Gasteiger partial charge in [0.15, 0.2) is 0 Å². The Bertz CT molecular complexity index is 912. The van der Waals surface area contributed by atoms with Gasteiger partial charge in [-0.05, 0) is 69.2 Å². The van der Waals surface area contributed by atoms with Crippen molar-refractivity contribution in [2.45, 2.75) is 6.54 Å². The summed E-state index contributed by atoms with van der Waals surface area (Å²) in [6.07, 6.45) is 1.76. The zero-order chi connectivity index (χ0) is 18.8. The summed E-state index contributed by atoms with van der Waals surface area (Å²) in [7, 11) is 3.93. The normalized spacial score (nSPS) is 15.8. The second kappa shape index (κ2) is 7.98. The molecule has 4 nitrogen and oxygen atoms in total. The fraction of sp³-hybridized carbons (Fsp3) is 0.158. The maximum absolute atomic E-state index is 12.7. The van der Waals surface area contributed by atoms with Crippen LogP contribution in [-0.4, -0.2) is 30.1 Å². The third-order valence-corrected chi connectivity index (χ3v) is 5.89. The van der Waals surface area contributed by atoms with E-state index in [1.165, 1.54) is 4.90 Å². The van der Waals surface area contributed by atoms with Gasteiger partial charge in [0.2, 0.25) is 0 Å². The Balaban J connectivity index is 1.82. The zero-order valence-corrected chi connectivity index (χ0v) is 18.2. The van der Waals surface area contributed by atoms with E-state index in [-0.39, 0.29) is 17.7 Å². The molecular formula is C19H16Br2N2O2S. The van der Waals surface area contributed by atoms with Crippen molar-refractivity contribution >= 4 is 66.5 Å². The van der Waals surface area contributed by atoms with Crippen LogP contribution in [0.25, 0.3) is 6.08 Å². The largest absolute Gasteiger partial charge is 0.377 e. The predicted molar refractivity (Wildman–Crippen MR) is 114 cm³/mol. The van der Waals surface area contributed by atoms with Gasteiger partial charge >= 0.3 is 0 Å². The minimum atomic E-state index is -0.257. The molecule has 0 spiro atoms. The highest BCUT2D eigenvalue weighted by atomic mass is 79.9. The summed E-state index contributed by atoms with van der Waals surface area (Å²) in [5.41, 5.74) is 2.82. The molecule has 7 heteroatoms. The van der Waals surface area contributed by atoms with Crippen molar-refractivity contribution in [1.29, 1.82) is 0 Å². The third kappa shape index (κ3) is 4.22. The Hall–Kier alpha value is -1.57. The fourth-order valence-corrected chi connectivity index (χ4v) is 4.62. The van der Waals surface area contributed by atoms with Gasteiger partial charge in [0, 0.05) is 23.0 Å². The first-order chi connectivity index (χ1) is 12.3. The Morgan fingerprint density at radius 2 is 1.88 bits per heavy atom. The van der Waals surface area contributed by atoms with Gasteiger partial charge in [0.25, 0.3) is 11.1 Å². The molecule has 1 aliphatic rings. The smallest absolute Gasteiger partial charge is 0.293 e. The molecule has 1 saturated heterocycles. The van der Waals surface area contributed by atoms with Crippen molar-refractivity contribution in [3.05, 3.63) is 67.4 Å². The number of carbonyl (C=O) groups excluding carboxylic acids is 2. The molecular weight excluding hydrogens is 480 g/mol. The molecule has 134 valence electrons. The Labute approximate surface area is 173 Å². The second-order valence-corrected chi connectivity index (χ2v) is 8.77. The Morgan fingerprint density at radius 3 is 2.54 bits per heavy atom. The molecule has 0 saturated carbocycles. The molecule has 0 unspecified atom stereocenters. The molecule has 0 aromatic heterocycles. The van der Waals surface area contributed by atoms with Gasteiger partial charge in [-0.3, -0.25) is 14.5 Å². The van der Waals surface area contributed by atoms with Gasteiger partial charge in [0.1, 0.15) is 0 Å². The lowest BCUT2D eigenvalue weighted by Gasteiger charge is -2.14. The van der Waals surface area contributed by atoms with Gasteiger partial charge in [-0.1, -0.05) is 34.1 Å². The summed E-state index contributed by atoms with van der Waals surface area (Å²) in [6.45, 7) is 0.269. The minimum Gasteiger partial charge on any atom is -0.377 e. The minimum absolute atomic E-state index is 0.245. The van der Waals surface area contributed by atoms with Crippen LogP contribution in [0.2, 0.25) is 0 Å². The fourth-order valence-electron chi connectivity index (χ4n) is 2.58. The van der Waals surface area contributed by atoms with E-state index in [1.807, 2.05) is 61.5 Å². The number of nitrogens with zero attached hydrogens (tertiary/aromatic N) is 2. The quantitative estimate of drug-likeness (QED) is 0.524. The number of benzene rings is 2. The molecule has 0 N–H and O–H groups in total. The van der Waals surface area contributed by atoms with Crippen LogP contribution in [0.3, 0.4) is 0 Å². The van der Waals surface area contributed by atoms with Crippen molar-refractivity contribution in [2.24, 2.45) is 0 Å². The molecule has 1 heterocycles. The van der Waals surface area contributed by atoms with Crippen molar-refractivity contribution in [1.82, 2.24) is 4.90 Å². The Morgan fingerprint density at radius 1 is 1.12 bits per heavy atom. The van der Waals surface area contributed by atoms with E-state index in [1.54, 1.807) is 6.08 Å². The van der Waals surface area contributed by atoms with Gasteiger partial charge < -0.3 is 4.90 Å². The van der Waals surface area contributed by atoms with Crippen LogP contribution in [0.5, 0.6) is 0 Å². The van der Waals surface area contributed by atoms with Crippen molar-refractivity contribution < 1.29 is 9.59 Å². The third-order valence-electron chi connectivity index (χ3n) is 3.85. The molecule has 0 bridgehead atoms. The van der Waals surface area contributed by atoms with Crippen molar-refractivity contribution in [2.75, 3.05) is 19.0 Å². The van der Waals surface area contributed by atoms with Gasteiger partial charge in [0.05, 0.1) is 17.1 Å². The maximum Gasteiger partial charge on any atom is 0.293 e. The standard InChI is InChI=1S/C19H16Br2N2O2S/c1-22(2)16-7-6-12(9-15(16)21)10-17-18(24)23(19(25)26-17)11-13-4-3-5-14(20)8-13/h3-10H,11H2,1-2H3/b17-10-. The lowest BCUT2D eigenvalue weighted by Crippen LogP contribution is -2.27. The van der Waals surface area contributed by atoms with Crippen LogP contribution in [0.1, 0.15) is 11.1 Å². The zero-order valence-electron chi connectivity index (χ0n) is 14.2. The van der Waals surface area contributed by atoms with Gasteiger partial charge in [-0.15, -0.1) is 0 Å². The first kappa shape index (κ1) is 19.2. The van der Waals surface area contributed by atoms with E-state index in [4.69, 9.17) is 0 Å². The van der Waals surface area contributed by atoms with Crippen LogP contribution in [-0.2, 0) is 11.3 Å². The van der Waals surface area contributed by atoms with E-state index >= 15 is 0 Å². The van der Waals surface area contributed by atoms with Crippen LogP contribution >= 0.6 is 43.6 Å². The highest BCUT2D eigenvalue weighted by molar-refractivity contribution is 9.10. The summed E-state index contributed by atoms with van der Waals surface area (Å²) in [5, 5.41) is -0.245. The molecule has 0 aliphatic carbocycles. The molecule has 0 radical (unpaired) electrons. The number of thioether (sulfide) groups is 1. The average Bonchev–Trinajstić information content (AvgIpc) is 2.82. The number of imide groups is 1. The summed E-state index contributed by atoms with van der Waals surface area (Å²) in [4.78, 5) is 28.7. The molecule has 26 heavy (non-hydrogen) atoms. The number of anilines is 1. The first-order valence-corrected chi connectivity index (χ1v) is 10.2. The van der Waals surface area contributed by atoms with Crippen LogP contribution in [0.15, 0.2) is 56.3 Å². The highest BCUT2D eigenvalue weighted by Crippen LogP contribution is 2.34. The lowest BCUT2D eigenvalue weighted by atomic mass is 10.1. The van der Waals surface area contributed by atoms with Gasteiger partial charge in [-0.2, -0.15) is 0 Å². The maximum atomic E-state index is 12.7. The Kier molecular flexibility index (Phi) is 5.89. The van der Waals surface area contributed by atoms with E-state index in [0.29, 0.717) is 4.91 Å². The molecule has 0 atom stereocenters. The predicted octanol–water partition coefficient (Wildman–Crippen LogP) is 5.51. The highest BCUT2D eigenvalue weighted by Gasteiger charge is 2.35. The van der Waals surface area contributed by atoms with Crippen LogP contribution < -0.4 is 4.90 Å². The van der Waals surface area contributed by atoms with Crippen molar-refractivity contribution in [3.8, 4) is 0 Å². The molecule has 1 aliphatic heterocycles. The second-order valence-electron chi connectivity index (χ2n) is 6.00. The number of halogens is 2. The van der Waals surface area contributed by atoms with E-state index < -0.39 is 0 Å². The molecule has 2 aromatic carbocycles. The number of amides is 2. The molecule has 1 fully saturated rings. The van der Waals surface area contributed by atoms with Crippen LogP contribution in [0.4, 0.5) is 10.5 Å². The number of hydrogen-bond acceptors (Lipinski definition) is 4. The summed E-state index contributed by atoms with van der Waals surface area (Å²) >= 11 is 7.93. The van der Waals surface area contributed by atoms with E-state index in [9.17, 15) is 9.59 Å². The molecule has 2 aromatic rings. The SMILES string of the molecule is CN(C)c1ccc(/C=C2\SC(=O)N(Cc3cccc(Br)c3)C2=O)cc1Br. The van der Waals surface area contributed by atoms with Gasteiger partial charge in [-0.25, -0.2) is 0 Å². The summed E-state index contributed by atoms with van der Waals surface area (Å²) in [6, 6.07) is 13.4. The first-order valence-electron chi connectivity index (χ1n) is 7.82. The number of rotatable bonds is 4. The molecule has 3 rings (SSSR count). The number of hydrogen-bond donors (Lipinski definition) is 0.